The Bertz CT molecular complexity index is 628. The Labute approximate surface area is 130 Å². The van der Waals surface area contributed by atoms with Gasteiger partial charge in [-0.3, -0.25) is 0 Å². The molecule has 0 saturated carbocycles. The molecule has 0 radical (unpaired) electrons. The summed E-state index contributed by atoms with van der Waals surface area (Å²) in [5.74, 6) is 0. The average Bonchev–Trinajstić information content (AvgIpc) is 2.77. The topological polar surface area (TPSA) is 49.4 Å². The van der Waals surface area contributed by atoms with Crippen molar-refractivity contribution >= 4 is 27.7 Å². The fraction of sp³-hybridized carbons (Fsp3) is 0.467. The summed E-state index contributed by atoms with van der Waals surface area (Å²) in [5.41, 5.74) is 0.831. The molecule has 2 heterocycles. The molecule has 2 atom stereocenters. The molecule has 3 rings (SSSR count). The molecule has 4 nitrogen and oxygen atoms in total. The summed E-state index contributed by atoms with van der Waals surface area (Å²) in [7, 11) is -3.36. The molecule has 21 heavy (non-hydrogen) atoms. The predicted molar refractivity (Wildman–Crippen MR) is 85.5 cm³/mol. The van der Waals surface area contributed by atoms with Crippen LogP contribution in [0.15, 0.2) is 29.7 Å². The summed E-state index contributed by atoms with van der Waals surface area (Å²) < 4.78 is 26.5. The van der Waals surface area contributed by atoms with E-state index in [1.165, 1.54) is 11.8 Å². The van der Waals surface area contributed by atoms with Gasteiger partial charge in [-0.15, -0.1) is 0 Å². The summed E-state index contributed by atoms with van der Waals surface area (Å²) in [6.45, 7) is 1.17. The van der Waals surface area contributed by atoms with Gasteiger partial charge >= 0.3 is 0 Å². The summed E-state index contributed by atoms with van der Waals surface area (Å²) in [5, 5.41) is 5.43. The third kappa shape index (κ3) is 3.66. The Balaban J connectivity index is 1.72. The van der Waals surface area contributed by atoms with E-state index in [2.05, 4.69) is 5.32 Å². The van der Waals surface area contributed by atoms with E-state index in [4.69, 9.17) is 11.6 Å². The van der Waals surface area contributed by atoms with Crippen LogP contribution in [0.25, 0.3) is 6.08 Å². The number of benzene rings is 1. The first-order valence-electron chi connectivity index (χ1n) is 7.23. The highest BCUT2D eigenvalue weighted by Gasteiger charge is 2.33. The van der Waals surface area contributed by atoms with E-state index < -0.39 is 10.0 Å². The number of fused-ring (bicyclic) bond motifs is 2. The van der Waals surface area contributed by atoms with Gasteiger partial charge in [-0.25, -0.2) is 8.42 Å². The highest BCUT2D eigenvalue weighted by atomic mass is 35.5. The van der Waals surface area contributed by atoms with Crippen LogP contribution in [0.2, 0.25) is 5.02 Å². The number of nitrogens with one attached hydrogen (secondary N) is 1. The van der Waals surface area contributed by atoms with Gasteiger partial charge in [-0.1, -0.05) is 23.7 Å². The van der Waals surface area contributed by atoms with Crippen molar-refractivity contribution in [1.82, 2.24) is 9.62 Å². The van der Waals surface area contributed by atoms with Crippen LogP contribution in [0.5, 0.6) is 0 Å². The van der Waals surface area contributed by atoms with Crippen LogP contribution in [0.1, 0.15) is 24.8 Å². The van der Waals surface area contributed by atoms with Gasteiger partial charge in [0.25, 0.3) is 0 Å². The second kappa shape index (κ2) is 6.08. The van der Waals surface area contributed by atoms with Gasteiger partial charge in [-0.05, 0) is 43.0 Å². The Hall–Kier alpha value is -0.880. The normalized spacial score (nSPS) is 27.1. The van der Waals surface area contributed by atoms with E-state index >= 15 is 0 Å². The Morgan fingerprint density at radius 3 is 2.62 bits per heavy atom. The molecule has 114 valence electrons. The minimum absolute atomic E-state index is 0.302. The highest BCUT2D eigenvalue weighted by molar-refractivity contribution is 7.92. The van der Waals surface area contributed by atoms with Crippen LogP contribution < -0.4 is 5.32 Å². The number of sulfonamides is 1. The van der Waals surface area contributed by atoms with Crippen LogP contribution in [-0.2, 0) is 10.0 Å². The van der Waals surface area contributed by atoms with Gasteiger partial charge in [0.1, 0.15) is 0 Å². The molecule has 1 aromatic carbocycles. The molecule has 1 N–H and O–H groups in total. The largest absolute Gasteiger partial charge is 0.310 e. The quantitative estimate of drug-likeness (QED) is 0.928. The maximum atomic E-state index is 12.4. The molecule has 2 aliphatic rings. The molecular weight excluding hydrogens is 308 g/mol. The lowest BCUT2D eigenvalue weighted by molar-refractivity contribution is 0.388. The van der Waals surface area contributed by atoms with Crippen molar-refractivity contribution in [2.24, 2.45) is 0 Å². The third-order valence-electron chi connectivity index (χ3n) is 4.15. The molecule has 2 aliphatic heterocycles. The van der Waals surface area contributed by atoms with Crippen LogP contribution in [0.4, 0.5) is 0 Å². The van der Waals surface area contributed by atoms with Crippen molar-refractivity contribution in [3.63, 3.8) is 0 Å². The van der Waals surface area contributed by atoms with Crippen LogP contribution >= 0.6 is 11.6 Å². The fourth-order valence-electron chi connectivity index (χ4n) is 2.97. The Kier molecular flexibility index (Phi) is 4.36. The molecule has 2 saturated heterocycles. The Morgan fingerprint density at radius 1 is 1.14 bits per heavy atom. The molecule has 0 spiro atoms. The lowest BCUT2D eigenvalue weighted by Crippen LogP contribution is -2.38. The maximum absolute atomic E-state index is 12.4. The zero-order valence-corrected chi connectivity index (χ0v) is 13.3. The second-order valence-corrected chi connectivity index (χ2v) is 7.94. The molecule has 2 fully saturated rings. The smallest absolute Gasteiger partial charge is 0.236 e. The van der Waals surface area contributed by atoms with Gasteiger partial charge in [0, 0.05) is 35.6 Å². The Morgan fingerprint density at radius 2 is 1.86 bits per heavy atom. The van der Waals surface area contributed by atoms with E-state index in [1.807, 2.05) is 0 Å². The number of rotatable bonds is 3. The molecule has 0 aromatic heterocycles. The number of halogens is 1. The maximum Gasteiger partial charge on any atom is 0.236 e. The van der Waals surface area contributed by atoms with Crippen LogP contribution in [0, 0.1) is 0 Å². The monoisotopic (exact) mass is 326 g/mol. The minimum atomic E-state index is -3.36. The summed E-state index contributed by atoms with van der Waals surface area (Å²) in [6.07, 6.45) is 4.75. The second-order valence-electron chi connectivity index (χ2n) is 5.68. The van der Waals surface area contributed by atoms with Crippen molar-refractivity contribution in [3.8, 4) is 0 Å². The zero-order chi connectivity index (χ0) is 14.9. The van der Waals surface area contributed by atoms with E-state index in [9.17, 15) is 8.42 Å². The standard InChI is InChI=1S/C15H19ClN2O2S/c16-13-3-1-12(2-4-13)8-10-21(19,20)18-9-7-14-5-6-15(11-18)17-14/h1-4,8,10,14-15,17H,5-7,9,11H2/b10-8+. The van der Waals surface area contributed by atoms with Gasteiger partial charge in [0.2, 0.25) is 10.0 Å². The number of hydrogen-bond acceptors (Lipinski definition) is 3. The van der Waals surface area contributed by atoms with Crippen molar-refractivity contribution in [2.75, 3.05) is 13.1 Å². The molecular formula is C15H19ClN2O2S. The molecule has 0 amide bonds. The summed E-state index contributed by atoms with van der Waals surface area (Å²) >= 11 is 5.82. The molecule has 0 aliphatic carbocycles. The first-order valence-corrected chi connectivity index (χ1v) is 9.11. The molecule has 2 unspecified atom stereocenters. The number of hydrogen-bond donors (Lipinski definition) is 1. The first-order chi connectivity index (χ1) is 10.0. The predicted octanol–water partition coefficient (Wildman–Crippen LogP) is 2.47. The summed E-state index contributed by atoms with van der Waals surface area (Å²) in [4.78, 5) is 0. The minimum Gasteiger partial charge on any atom is -0.310 e. The van der Waals surface area contributed by atoms with E-state index in [-0.39, 0.29) is 0 Å². The molecule has 2 bridgehead atoms. The van der Waals surface area contributed by atoms with E-state index in [0.29, 0.717) is 30.2 Å². The third-order valence-corrected chi connectivity index (χ3v) is 5.93. The van der Waals surface area contributed by atoms with Gasteiger partial charge in [0.15, 0.2) is 0 Å². The average molecular weight is 327 g/mol. The van der Waals surface area contributed by atoms with Crippen molar-refractivity contribution in [3.05, 3.63) is 40.3 Å². The van der Waals surface area contributed by atoms with E-state index in [1.54, 1.807) is 34.6 Å². The van der Waals surface area contributed by atoms with Gasteiger partial charge in [-0.2, -0.15) is 4.31 Å². The highest BCUT2D eigenvalue weighted by Crippen LogP contribution is 2.22. The van der Waals surface area contributed by atoms with Crippen LogP contribution in [-0.4, -0.2) is 37.9 Å². The lowest BCUT2D eigenvalue weighted by atomic mass is 10.1. The SMILES string of the molecule is O=S(=O)(/C=C/c1ccc(Cl)cc1)N1CCC2CCC(C1)N2. The lowest BCUT2D eigenvalue weighted by Gasteiger charge is -2.21. The molecule has 6 heteroatoms. The van der Waals surface area contributed by atoms with Crippen molar-refractivity contribution in [2.45, 2.75) is 31.3 Å². The fourth-order valence-corrected chi connectivity index (χ4v) is 4.34. The first kappa shape index (κ1) is 15.0. The number of nitrogens with zero attached hydrogens (tertiary/aromatic N) is 1. The molecule has 1 aromatic rings. The van der Waals surface area contributed by atoms with Crippen molar-refractivity contribution in [1.29, 1.82) is 0 Å². The van der Waals surface area contributed by atoms with E-state index in [0.717, 1.165) is 18.4 Å². The van der Waals surface area contributed by atoms with Crippen molar-refractivity contribution < 1.29 is 8.42 Å². The zero-order valence-electron chi connectivity index (χ0n) is 11.7. The van der Waals surface area contributed by atoms with Crippen LogP contribution in [0.3, 0.4) is 0 Å². The summed E-state index contributed by atoms with van der Waals surface area (Å²) in [6, 6.07) is 7.90. The van der Waals surface area contributed by atoms with Gasteiger partial charge in [0.05, 0.1) is 0 Å². The van der Waals surface area contributed by atoms with Gasteiger partial charge < -0.3 is 5.32 Å².